The highest BCUT2D eigenvalue weighted by Crippen LogP contribution is 2.27. The Kier molecular flexibility index (Phi) is 5.41. The Labute approximate surface area is 152 Å². The Balaban J connectivity index is 1.68. The fraction of sp³-hybridized carbons (Fsp3) is 0.300. The van der Waals surface area contributed by atoms with Gasteiger partial charge in [-0.1, -0.05) is 12.1 Å². The predicted octanol–water partition coefficient (Wildman–Crippen LogP) is 2.76. The number of amides is 2. The van der Waals surface area contributed by atoms with Crippen LogP contribution in [0.4, 0.5) is 5.69 Å². The van der Waals surface area contributed by atoms with Crippen LogP contribution in [-0.2, 0) is 11.3 Å². The van der Waals surface area contributed by atoms with Crippen LogP contribution in [0.5, 0.6) is 11.5 Å². The van der Waals surface area contributed by atoms with E-state index in [1.54, 1.807) is 43.4 Å². The molecule has 0 saturated carbocycles. The van der Waals surface area contributed by atoms with Crippen molar-refractivity contribution in [1.29, 1.82) is 0 Å². The van der Waals surface area contributed by atoms with Gasteiger partial charge in [0.2, 0.25) is 5.91 Å². The first kappa shape index (κ1) is 17.8. The van der Waals surface area contributed by atoms with Crippen LogP contribution in [-0.4, -0.2) is 32.6 Å². The van der Waals surface area contributed by atoms with E-state index in [-0.39, 0.29) is 11.8 Å². The summed E-state index contributed by atoms with van der Waals surface area (Å²) in [5.41, 5.74) is 2.20. The van der Waals surface area contributed by atoms with E-state index < -0.39 is 0 Å². The first-order chi connectivity index (χ1) is 12.6. The number of carbonyl (C=O) groups is 2. The maximum atomic E-state index is 12.5. The van der Waals surface area contributed by atoms with Crippen molar-refractivity contribution in [3.63, 3.8) is 0 Å². The Hall–Kier alpha value is -3.02. The van der Waals surface area contributed by atoms with Crippen molar-refractivity contribution in [3.05, 3.63) is 53.6 Å². The van der Waals surface area contributed by atoms with Crippen molar-refractivity contribution in [1.82, 2.24) is 5.32 Å². The Morgan fingerprint density at radius 3 is 2.62 bits per heavy atom. The zero-order chi connectivity index (χ0) is 18.5. The molecule has 6 nitrogen and oxygen atoms in total. The lowest BCUT2D eigenvalue weighted by Gasteiger charge is -2.16. The number of rotatable bonds is 6. The van der Waals surface area contributed by atoms with Crippen molar-refractivity contribution in [3.8, 4) is 11.5 Å². The maximum Gasteiger partial charge on any atom is 0.251 e. The molecule has 2 aromatic carbocycles. The van der Waals surface area contributed by atoms with Gasteiger partial charge in [0.05, 0.1) is 14.2 Å². The smallest absolute Gasteiger partial charge is 0.251 e. The number of hydrogen-bond acceptors (Lipinski definition) is 4. The summed E-state index contributed by atoms with van der Waals surface area (Å²) in [4.78, 5) is 26.1. The zero-order valence-electron chi connectivity index (χ0n) is 15.0. The average Bonchev–Trinajstić information content (AvgIpc) is 3.11. The molecule has 136 valence electrons. The summed E-state index contributed by atoms with van der Waals surface area (Å²) in [6, 6.07) is 12.7. The molecule has 1 aliphatic rings. The third kappa shape index (κ3) is 3.79. The molecule has 0 aromatic heterocycles. The molecule has 0 unspecified atom stereocenters. The summed E-state index contributed by atoms with van der Waals surface area (Å²) in [5.74, 6) is 1.18. The molecule has 2 aromatic rings. The molecule has 0 spiro atoms. The number of benzene rings is 2. The molecule has 1 aliphatic heterocycles. The molecular formula is C20H22N2O4. The van der Waals surface area contributed by atoms with Crippen LogP contribution >= 0.6 is 0 Å². The second-order valence-corrected chi connectivity index (χ2v) is 6.07. The van der Waals surface area contributed by atoms with Crippen LogP contribution in [0.25, 0.3) is 0 Å². The van der Waals surface area contributed by atoms with Crippen molar-refractivity contribution in [2.75, 3.05) is 25.7 Å². The van der Waals surface area contributed by atoms with Gasteiger partial charge < -0.3 is 19.7 Å². The molecule has 1 N–H and O–H groups in total. The molecule has 0 radical (unpaired) electrons. The lowest BCUT2D eigenvalue weighted by molar-refractivity contribution is -0.117. The number of nitrogens with one attached hydrogen (secondary N) is 1. The topological polar surface area (TPSA) is 67.9 Å². The van der Waals surface area contributed by atoms with Crippen molar-refractivity contribution in [2.45, 2.75) is 19.4 Å². The SMILES string of the molecule is COc1ccc(CNC(=O)c2cccc(N3CCCC3=O)c2)cc1OC. The molecule has 3 rings (SSSR count). The van der Waals surface area contributed by atoms with E-state index in [1.165, 1.54) is 0 Å². The van der Waals surface area contributed by atoms with E-state index in [0.29, 0.717) is 36.6 Å². The van der Waals surface area contributed by atoms with Gasteiger partial charge in [-0.25, -0.2) is 0 Å². The largest absolute Gasteiger partial charge is 0.493 e. The molecule has 1 saturated heterocycles. The minimum absolute atomic E-state index is 0.105. The fourth-order valence-electron chi connectivity index (χ4n) is 3.01. The zero-order valence-corrected chi connectivity index (χ0v) is 15.0. The summed E-state index contributed by atoms with van der Waals surface area (Å²) in [6.07, 6.45) is 1.42. The lowest BCUT2D eigenvalue weighted by Crippen LogP contribution is -2.25. The summed E-state index contributed by atoms with van der Waals surface area (Å²) in [5, 5.41) is 2.89. The molecule has 0 atom stereocenters. The van der Waals surface area contributed by atoms with Crippen molar-refractivity contribution >= 4 is 17.5 Å². The number of carbonyl (C=O) groups excluding carboxylic acids is 2. The van der Waals surface area contributed by atoms with Crippen LogP contribution in [0, 0.1) is 0 Å². The van der Waals surface area contributed by atoms with Gasteiger partial charge in [-0.2, -0.15) is 0 Å². The molecule has 0 aliphatic carbocycles. The first-order valence-electron chi connectivity index (χ1n) is 8.52. The van der Waals surface area contributed by atoms with Crippen molar-refractivity contribution in [2.24, 2.45) is 0 Å². The minimum Gasteiger partial charge on any atom is -0.493 e. The second kappa shape index (κ2) is 7.91. The third-order valence-corrected chi connectivity index (χ3v) is 4.39. The summed E-state index contributed by atoms with van der Waals surface area (Å²) < 4.78 is 10.5. The number of nitrogens with zero attached hydrogens (tertiary/aromatic N) is 1. The van der Waals surface area contributed by atoms with Gasteiger partial charge in [0.1, 0.15) is 0 Å². The van der Waals surface area contributed by atoms with Gasteiger partial charge in [0.25, 0.3) is 5.91 Å². The molecule has 6 heteroatoms. The summed E-state index contributed by atoms with van der Waals surface area (Å²) >= 11 is 0. The standard InChI is InChI=1S/C20H22N2O4/c1-25-17-9-8-14(11-18(17)26-2)13-21-20(24)15-5-3-6-16(12-15)22-10-4-7-19(22)23/h3,5-6,8-9,11-12H,4,7,10,13H2,1-2H3,(H,21,24). The van der Waals surface area contributed by atoms with Gasteiger partial charge >= 0.3 is 0 Å². The molecule has 2 amide bonds. The van der Waals surface area contributed by atoms with Gasteiger partial charge in [-0.05, 0) is 42.3 Å². The molecule has 1 heterocycles. The van der Waals surface area contributed by atoms with Crippen LogP contribution in [0.2, 0.25) is 0 Å². The molecular weight excluding hydrogens is 332 g/mol. The van der Waals surface area contributed by atoms with E-state index in [1.807, 2.05) is 18.2 Å². The van der Waals surface area contributed by atoms with Crippen LogP contribution in [0.15, 0.2) is 42.5 Å². The Morgan fingerprint density at radius 2 is 1.92 bits per heavy atom. The average molecular weight is 354 g/mol. The number of hydrogen-bond donors (Lipinski definition) is 1. The molecule has 26 heavy (non-hydrogen) atoms. The lowest BCUT2D eigenvalue weighted by atomic mass is 10.1. The first-order valence-corrected chi connectivity index (χ1v) is 8.52. The summed E-state index contributed by atoms with van der Waals surface area (Å²) in [7, 11) is 3.16. The second-order valence-electron chi connectivity index (χ2n) is 6.07. The number of ether oxygens (including phenoxy) is 2. The molecule has 0 bridgehead atoms. The van der Waals surface area contributed by atoms with E-state index >= 15 is 0 Å². The van der Waals surface area contributed by atoms with Crippen LogP contribution < -0.4 is 19.7 Å². The monoisotopic (exact) mass is 354 g/mol. The van der Waals surface area contributed by atoms with Gasteiger partial charge in [0.15, 0.2) is 11.5 Å². The minimum atomic E-state index is -0.187. The van der Waals surface area contributed by atoms with E-state index in [4.69, 9.17) is 9.47 Å². The van der Waals surface area contributed by atoms with E-state index in [9.17, 15) is 9.59 Å². The maximum absolute atomic E-state index is 12.5. The highest BCUT2D eigenvalue weighted by Gasteiger charge is 2.22. The Morgan fingerprint density at radius 1 is 1.12 bits per heavy atom. The van der Waals surface area contributed by atoms with Gasteiger partial charge in [-0.3, -0.25) is 9.59 Å². The number of anilines is 1. The van der Waals surface area contributed by atoms with Crippen LogP contribution in [0.1, 0.15) is 28.8 Å². The highest BCUT2D eigenvalue weighted by atomic mass is 16.5. The Bertz CT molecular complexity index is 819. The van der Waals surface area contributed by atoms with Gasteiger partial charge in [0, 0.05) is 30.8 Å². The predicted molar refractivity (Wildman–Crippen MR) is 98.7 cm³/mol. The van der Waals surface area contributed by atoms with Crippen molar-refractivity contribution < 1.29 is 19.1 Å². The number of methoxy groups -OCH3 is 2. The quantitative estimate of drug-likeness (QED) is 0.866. The normalized spacial score (nSPS) is 13.6. The van der Waals surface area contributed by atoms with Crippen LogP contribution in [0.3, 0.4) is 0 Å². The van der Waals surface area contributed by atoms with E-state index in [0.717, 1.165) is 17.7 Å². The fourth-order valence-corrected chi connectivity index (χ4v) is 3.01. The molecule has 1 fully saturated rings. The van der Waals surface area contributed by atoms with E-state index in [2.05, 4.69) is 5.32 Å². The third-order valence-electron chi connectivity index (χ3n) is 4.39. The van der Waals surface area contributed by atoms with Gasteiger partial charge in [-0.15, -0.1) is 0 Å². The summed E-state index contributed by atoms with van der Waals surface area (Å²) in [6.45, 7) is 1.07. The highest BCUT2D eigenvalue weighted by molar-refractivity contribution is 5.99.